The van der Waals surface area contributed by atoms with Gasteiger partial charge in [-0.3, -0.25) is 14.4 Å². The summed E-state index contributed by atoms with van der Waals surface area (Å²) < 4.78 is 15.1. The van der Waals surface area contributed by atoms with Crippen LogP contribution in [0.15, 0.2) is 24.3 Å². The van der Waals surface area contributed by atoms with Gasteiger partial charge in [-0.2, -0.15) is 0 Å². The number of carbonyl (C=O) groups excluding carboxylic acids is 3. The number of ether oxygens (including phenoxy) is 3. The SMILES string of the molecule is CCOC(=O)C(C(=O)OCC)(C(=O)OCC)[C@@H](C)c1ccc(Cl)cc1. The molecule has 0 aliphatic rings. The first-order valence-corrected chi connectivity index (χ1v) is 8.51. The van der Waals surface area contributed by atoms with E-state index in [1.165, 1.54) is 0 Å². The van der Waals surface area contributed by atoms with E-state index in [4.69, 9.17) is 25.8 Å². The van der Waals surface area contributed by atoms with Crippen LogP contribution in [-0.2, 0) is 28.6 Å². The molecule has 0 aliphatic carbocycles. The Morgan fingerprint density at radius 1 is 0.880 bits per heavy atom. The van der Waals surface area contributed by atoms with Crippen LogP contribution >= 0.6 is 11.6 Å². The van der Waals surface area contributed by atoms with Crippen molar-refractivity contribution in [3.05, 3.63) is 34.9 Å². The minimum atomic E-state index is -2.24. The normalized spacial score (nSPS) is 12.2. The van der Waals surface area contributed by atoms with Crippen molar-refractivity contribution in [1.82, 2.24) is 0 Å². The first-order valence-electron chi connectivity index (χ1n) is 8.13. The summed E-state index contributed by atoms with van der Waals surface area (Å²) in [6.45, 7) is 6.37. The van der Waals surface area contributed by atoms with Crippen molar-refractivity contribution in [2.24, 2.45) is 5.41 Å². The molecular weight excluding hydrogens is 348 g/mol. The van der Waals surface area contributed by atoms with Gasteiger partial charge in [0.25, 0.3) is 5.41 Å². The monoisotopic (exact) mass is 370 g/mol. The van der Waals surface area contributed by atoms with E-state index in [-0.39, 0.29) is 19.8 Å². The molecule has 0 aromatic heterocycles. The van der Waals surface area contributed by atoms with Crippen LogP contribution in [0.1, 0.15) is 39.2 Å². The van der Waals surface area contributed by atoms with E-state index < -0.39 is 29.2 Å². The summed E-state index contributed by atoms with van der Waals surface area (Å²) in [7, 11) is 0. The average molecular weight is 371 g/mol. The van der Waals surface area contributed by atoms with Crippen molar-refractivity contribution in [3.63, 3.8) is 0 Å². The van der Waals surface area contributed by atoms with E-state index in [0.717, 1.165) is 0 Å². The van der Waals surface area contributed by atoms with Gasteiger partial charge in [-0.1, -0.05) is 30.7 Å². The molecule has 0 aliphatic heterocycles. The number of carbonyl (C=O) groups is 3. The fraction of sp³-hybridized carbons (Fsp3) is 0.500. The van der Waals surface area contributed by atoms with E-state index in [0.29, 0.717) is 10.6 Å². The highest BCUT2D eigenvalue weighted by Crippen LogP contribution is 2.40. The molecule has 1 aromatic carbocycles. The number of hydrogen-bond donors (Lipinski definition) is 0. The van der Waals surface area contributed by atoms with Gasteiger partial charge in [0, 0.05) is 10.9 Å². The Bertz CT molecular complexity index is 565. The van der Waals surface area contributed by atoms with Crippen LogP contribution in [0.4, 0.5) is 0 Å². The Balaban J connectivity index is 3.54. The Morgan fingerprint density at radius 3 is 1.56 bits per heavy atom. The van der Waals surface area contributed by atoms with Crippen LogP contribution in [0.2, 0.25) is 5.02 Å². The van der Waals surface area contributed by atoms with Crippen molar-refractivity contribution >= 4 is 29.5 Å². The van der Waals surface area contributed by atoms with Crippen molar-refractivity contribution in [1.29, 1.82) is 0 Å². The van der Waals surface area contributed by atoms with E-state index >= 15 is 0 Å². The molecule has 7 heteroatoms. The largest absolute Gasteiger partial charge is 0.465 e. The maximum absolute atomic E-state index is 12.7. The summed E-state index contributed by atoms with van der Waals surface area (Å²) in [6, 6.07) is 6.50. The van der Waals surface area contributed by atoms with Crippen LogP contribution < -0.4 is 0 Å². The Hall–Kier alpha value is -2.08. The Morgan fingerprint density at radius 2 is 1.24 bits per heavy atom. The highest BCUT2D eigenvalue weighted by molar-refractivity contribution is 6.30. The highest BCUT2D eigenvalue weighted by atomic mass is 35.5. The third-order valence-corrected chi connectivity index (χ3v) is 4.06. The number of halogens is 1. The lowest BCUT2D eigenvalue weighted by atomic mass is 9.72. The second-order valence-corrected chi connectivity index (χ2v) is 5.68. The quantitative estimate of drug-likeness (QED) is 0.397. The maximum Gasteiger partial charge on any atom is 0.335 e. The molecule has 138 valence electrons. The predicted molar refractivity (Wildman–Crippen MR) is 92.2 cm³/mol. The summed E-state index contributed by atoms with van der Waals surface area (Å²) in [5.41, 5.74) is -1.69. The van der Waals surface area contributed by atoms with Crippen molar-refractivity contribution in [3.8, 4) is 0 Å². The van der Waals surface area contributed by atoms with Gasteiger partial charge in [-0.25, -0.2) is 0 Å². The third kappa shape index (κ3) is 4.31. The van der Waals surface area contributed by atoms with Gasteiger partial charge in [-0.05, 0) is 38.5 Å². The van der Waals surface area contributed by atoms with E-state index in [9.17, 15) is 14.4 Å². The smallest absolute Gasteiger partial charge is 0.335 e. The van der Waals surface area contributed by atoms with Crippen LogP contribution in [0.25, 0.3) is 0 Å². The standard InChI is InChI=1S/C18H23ClO6/c1-5-23-15(20)18(16(21)24-6-2,17(22)25-7-3)12(4)13-8-10-14(19)11-9-13/h8-12H,5-7H2,1-4H3/t12-/m0/s1. The van der Waals surface area contributed by atoms with Gasteiger partial charge in [0.1, 0.15) is 0 Å². The molecule has 1 rings (SSSR count). The van der Waals surface area contributed by atoms with Gasteiger partial charge >= 0.3 is 17.9 Å². The lowest BCUT2D eigenvalue weighted by molar-refractivity contribution is -0.185. The molecule has 0 saturated carbocycles. The summed E-state index contributed by atoms with van der Waals surface area (Å²) >= 11 is 5.89. The molecule has 0 heterocycles. The van der Waals surface area contributed by atoms with Gasteiger partial charge in [0.2, 0.25) is 0 Å². The number of rotatable bonds is 8. The highest BCUT2D eigenvalue weighted by Gasteiger charge is 2.61. The number of benzene rings is 1. The molecular formula is C18H23ClO6. The fourth-order valence-electron chi connectivity index (χ4n) is 2.52. The molecule has 1 atom stereocenters. The molecule has 0 fully saturated rings. The zero-order valence-electron chi connectivity index (χ0n) is 14.8. The van der Waals surface area contributed by atoms with Gasteiger partial charge < -0.3 is 14.2 Å². The molecule has 0 bridgehead atoms. The zero-order valence-corrected chi connectivity index (χ0v) is 15.6. The second-order valence-electron chi connectivity index (χ2n) is 5.24. The molecule has 0 radical (unpaired) electrons. The summed E-state index contributed by atoms with van der Waals surface area (Å²) in [6.07, 6.45) is 0. The summed E-state index contributed by atoms with van der Waals surface area (Å²) in [5, 5.41) is 0.491. The average Bonchev–Trinajstić information content (AvgIpc) is 2.56. The molecule has 6 nitrogen and oxygen atoms in total. The molecule has 25 heavy (non-hydrogen) atoms. The predicted octanol–water partition coefficient (Wildman–Crippen LogP) is 3.12. The van der Waals surface area contributed by atoms with Crippen LogP contribution in [-0.4, -0.2) is 37.7 Å². The summed E-state index contributed by atoms with van der Waals surface area (Å²) in [4.78, 5) is 38.2. The minimum absolute atomic E-state index is 0.00668. The van der Waals surface area contributed by atoms with E-state index in [2.05, 4.69) is 0 Å². The first kappa shape index (κ1) is 21.0. The number of esters is 3. The van der Waals surface area contributed by atoms with Gasteiger partial charge in [0.15, 0.2) is 0 Å². The first-order chi connectivity index (χ1) is 11.9. The topological polar surface area (TPSA) is 78.9 Å². The van der Waals surface area contributed by atoms with Crippen molar-refractivity contribution in [2.45, 2.75) is 33.6 Å². The van der Waals surface area contributed by atoms with E-state index in [1.807, 2.05) is 0 Å². The third-order valence-electron chi connectivity index (χ3n) is 3.81. The van der Waals surface area contributed by atoms with Crippen LogP contribution in [0.5, 0.6) is 0 Å². The second kappa shape index (κ2) is 9.42. The van der Waals surface area contributed by atoms with Gasteiger partial charge in [-0.15, -0.1) is 0 Å². The lowest BCUT2D eigenvalue weighted by Crippen LogP contribution is -2.52. The fourth-order valence-corrected chi connectivity index (χ4v) is 2.64. The minimum Gasteiger partial charge on any atom is -0.465 e. The summed E-state index contributed by atoms with van der Waals surface area (Å²) in [5.74, 6) is -3.85. The molecule has 0 N–H and O–H groups in total. The molecule has 0 saturated heterocycles. The number of hydrogen-bond acceptors (Lipinski definition) is 6. The van der Waals surface area contributed by atoms with Crippen LogP contribution in [0.3, 0.4) is 0 Å². The molecule has 0 unspecified atom stereocenters. The van der Waals surface area contributed by atoms with E-state index in [1.54, 1.807) is 52.0 Å². The Labute approximate surface area is 152 Å². The lowest BCUT2D eigenvalue weighted by Gasteiger charge is -2.32. The molecule has 0 amide bonds. The molecule has 0 spiro atoms. The van der Waals surface area contributed by atoms with Gasteiger partial charge in [0.05, 0.1) is 19.8 Å². The van der Waals surface area contributed by atoms with Crippen molar-refractivity contribution in [2.75, 3.05) is 19.8 Å². The molecule has 1 aromatic rings. The maximum atomic E-state index is 12.7. The zero-order chi connectivity index (χ0) is 19.0. The van der Waals surface area contributed by atoms with Crippen LogP contribution in [0, 0.1) is 5.41 Å². The van der Waals surface area contributed by atoms with Crippen molar-refractivity contribution < 1.29 is 28.6 Å². The Kier molecular flexibility index (Phi) is 7.90.